The predicted molar refractivity (Wildman–Crippen MR) is 52.2 cm³/mol. The quantitative estimate of drug-likeness (QED) is 0.682. The van der Waals surface area contributed by atoms with Gasteiger partial charge in [-0.3, -0.25) is 4.79 Å². The molecule has 4 heteroatoms. The van der Waals surface area contributed by atoms with Gasteiger partial charge >= 0.3 is 5.97 Å². The van der Waals surface area contributed by atoms with Gasteiger partial charge in [0.25, 0.3) is 0 Å². The van der Waals surface area contributed by atoms with Gasteiger partial charge in [-0.15, -0.1) is 11.6 Å². The summed E-state index contributed by atoms with van der Waals surface area (Å²) in [7, 11) is 1.63. The van der Waals surface area contributed by atoms with E-state index >= 15 is 0 Å². The fourth-order valence-electron chi connectivity index (χ4n) is 0.999. The third-order valence-electron chi connectivity index (χ3n) is 1.94. The minimum Gasteiger partial charge on any atom is -0.481 e. The molecule has 0 aromatic carbocycles. The van der Waals surface area contributed by atoms with Crippen molar-refractivity contribution in [3.63, 3.8) is 0 Å². The molecule has 0 aromatic heterocycles. The van der Waals surface area contributed by atoms with Crippen molar-refractivity contribution in [1.29, 1.82) is 0 Å². The fraction of sp³-hybridized carbons (Fsp3) is 0.889. The van der Waals surface area contributed by atoms with Crippen LogP contribution in [0.5, 0.6) is 0 Å². The molecule has 0 saturated carbocycles. The largest absolute Gasteiger partial charge is 0.481 e. The molecule has 0 fully saturated rings. The summed E-state index contributed by atoms with van der Waals surface area (Å²) in [6, 6.07) is 0. The van der Waals surface area contributed by atoms with Crippen LogP contribution in [0.1, 0.15) is 33.1 Å². The molecule has 78 valence electrons. The molecule has 1 N–H and O–H groups in total. The van der Waals surface area contributed by atoms with E-state index in [1.807, 2.05) is 13.8 Å². The van der Waals surface area contributed by atoms with E-state index in [-0.39, 0.29) is 17.4 Å². The lowest BCUT2D eigenvalue weighted by Gasteiger charge is -2.25. The Morgan fingerprint density at radius 2 is 2.15 bits per heavy atom. The van der Waals surface area contributed by atoms with Crippen molar-refractivity contribution in [2.45, 2.75) is 44.1 Å². The number of hydrogen-bond donors (Lipinski definition) is 1. The van der Waals surface area contributed by atoms with Crippen molar-refractivity contribution < 1.29 is 14.6 Å². The van der Waals surface area contributed by atoms with E-state index in [0.29, 0.717) is 12.8 Å². The van der Waals surface area contributed by atoms with E-state index in [2.05, 4.69) is 0 Å². The number of halogens is 1. The number of hydrogen-bond acceptors (Lipinski definition) is 2. The van der Waals surface area contributed by atoms with E-state index in [1.54, 1.807) is 7.11 Å². The Bertz CT molecular complexity index is 168. The molecule has 0 saturated heterocycles. The molecule has 0 spiro atoms. The first kappa shape index (κ1) is 12.7. The van der Waals surface area contributed by atoms with E-state index in [4.69, 9.17) is 21.4 Å². The van der Waals surface area contributed by atoms with Crippen LogP contribution in [0.4, 0.5) is 0 Å². The highest BCUT2D eigenvalue weighted by atomic mass is 35.5. The second kappa shape index (κ2) is 5.45. The number of rotatable bonds is 6. The summed E-state index contributed by atoms with van der Waals surface area (Å²) in [6.07, 6.45) is 1.27. The molecule has 0 aliphatic heterocycles. The maximum atomic E-state index is 10.2. The normalized spacial score (nSPS) is 14.2. The maximum Gasteiger partial charge on any atom is 0.303 e. The Balaban J connectivity index is 3.73. The minimum absolute atomic E-state index is 0.119. The van der Waals surface area contributed by atoms with Crippen LogP contribution in [-0.2, 0) is 9.53 Å². The smallest absolute Gasteiger partial charge is 0.303 e. The van der Waals surface area contributed by atoms with Crippen molar-refractivity contribution >= 4 is 17.6 Å². The monoisotopic (exact) mass is 208 g/mol. The first-order valence-electron chi connectivity index (χ1n) is 4.28. The van der Waals surface area contributed by atoms with E-state index < -0.39 is 5.97 Å². The summed E-state index contributed by atoms with van der Waals surface area (Å²) in [4.78, 5) is 10.2. The summed E-state index contributed by atoms with van der Waals surface area (Å²) in [5.74, 6) is -0.805. The second-order valence-corrected chi connectivity index (χ2v) is 4.31. The predicted octanol–water partition coefficient (Wildman–Crippen LogP) is 2.27. The molecule has 0 heterocycles. The van der Waals surface area contributed by atoms with Gasteiger partial charge in [0, 0.05) is 18.9 Å². The molecule has 0 rings (SSSR count). The number of carbonyl (C=O) groups is 1. The third-order valence-corrected chi connectivity index (χ3v) is 2.31. The first-order chi connectivity index (χ1) is 5.87. The van der Waals surface area contributed by atoms with E-state index in [9.17, 15) is 4.79 Å². The molecule has 0 bridgehead atoms. The highest BCUT2D eigenvalue weighted by Gasteiger charge is 2.21. The van der Waals surface area contributed by atoms with Crippen molar-refractivity contribution in [2.24, 2.45) is 0 Å². The molecule has 0 aromatic rings. The first-order valence-corrected chi connectivity index (χ1v) is 4.72. The van der Waals surface area contributed by atoms with Crippen LogP contribution in [0.25, 0.3) is 0 Å². The summed E-state index contributed by atoms with van der Waals surface area (Å²) in [5.41, 5.74) is -0.273. The Kier molecular flexibility index (Phi) is 5.33. The topological polar surface area (TPSA) is 46.5 Å². The summed E-state index contributed by atoms with van der Waals surface area (Å²) in [5, 5.41) is 8.29. The van der Waals surface area contributed by atoms with Crippen LogP contribution < -0.4 is 0 Å². The summed E-state index contributed by atoms with van der Waals surface area (Å²) in [6.45, 7) is 3.87. The van der Waals surface area contributed by atoms with Crippen LogP contribution in [0.3, 0.4) is 0 Å². The molecule has 0 aliphatic carbocycles. The standard InChI is InChI=1S/C9H17ClO3/c1-9(2,13-3)6-7(10)4-5-8(11)12/h7H,4-6H2,1-3H3,(H,11,12). The molecule has 0 amide bonds. The van der Waals surface area contributed by atoms with Crippen molar-refractivity contribution in [3.05, 3.63) is 0 Å². The van der Waals surface area contributed by atoms with Crippen molar-refractivity contribution in [1.82, 2.24) is 0 Å². The van der Waals surface area contributed by atoms with E-state index in [0.717, 1.165) is 0 Å². The number of carboxylic acids is 1. The third kappa shape index (κ3) is 6.84. The fourth-order valence-corrected chi connectivity index (χ4v) is 1.48. The average Bonchev–Trinajstić information content (AvgIpc) is 2.00. The molecule has 1 unspecified atom stereocenters. The van der Waals surface area contributed by atoms with Gasteiger partial charge in [-0.2, -0.15) is 0 Å². The molecular formula is C9H17ClO3. The van der Waals surface area contributed by atoms with Gasteiger partial charge in [0.2, 0.25) is 0 Å². The van der Waals surface area contributed by atoms with Crippen LogP contribution >= 0.6 is 11.6 Å². The summed E-state index contributed by atoms with van der Waals surface area (Å²) >= 11 is 5.94. The molecule has 1 atom stereocenters. The van der Waals surface area contributed by atoms with Gasteiger partial charge in [-0.05, 0) is 26.7 Å². The Morgan fingerprint density at radius 1 is 1.62 bits per heavy atom. The van der Waals surface area contributed by atoms with Gasteiger partial charge in [0.05, 0.1) is 5.60 Å². The molecule has 3 nitrogen and oxygen atoms in total. The zero-order chi connectivity index (χ0) is 10.5. The lowest BCUT2D eigenvalue weighted by molar-refractivity contribution is -0.137. The molecular weight excluding hydrogens is 192 g/mol. The van der Waals surface area contributed by atoms with Gasteiger partial charge in [0.1, 0.15) is 0 Å². The Labute approximate surface area is 84.0 Å². The van der Waals surface area contributed by atoms with Crippen LogP contribution in [-0.4, -0.2) is 29.2 Å². The number of methoxy groups -OCH3 is 1. The van der Waals surface area contributed by atoms with Gasteiger partial charge in [-0.1, -0.05) is 0 Å². The Morgan fingerprint density at radius 3 is 2.54 bits per heavy atom. The Hall–Kier alpha value is -0.280. The maximum absolute atomic E-state index is 10.2. The molecule has 0 radical (unpaired) electrons. The molecule has 13 heavy (non-hydrogen) atoms. The number of aliphatic carboxylic acids is 1. The van der Waals surface area contributed by atoms with Gasteiger partial charge in [-0.25, -0.2) is 0 Å². The highest BCUT2D eigenvalue weighted by molar-refractivity contribution is 6.20. The highest BCUT2D eigenvalue weighted by Crippen LogP contribution is 2.21. The zero-order valence-corrected chi connectivity index (χ0v) is 9.10. The number of carboxylic acid groups (broad SMARTS) is 1. The van der Waals surface area contributed by atoms with Crippen LogP contribution in [0.2, 0.25) is 0 Å². The lowest BCUT2D eigenvalue weighted by Crippen LogP contribution is -2.26. The number of alkyl halides is 1. The van der Waals surface area contributed by atoms with Crippen molar-refractivity contribution in [3.8, 4) is 0 Å². The second-order valence-electron chi connectivity index (χ2n) is 3.70. The van der Waals surface area contributed by atoms with E-state index in [1.165, 1.54) is 0 Å². The van der Waals surface area contributed by atoms with Crippen LogP contribution in [0, 0.1) is 0 Å². The van der Waals surface area contributed by atoms with Crippen molar-refractivity contribution in [2.75, 3.05) is 7.11 Å². The number of ether oxygens (including phenoxy) is 1. The van der Waals surface area contributed by atoms with Crippen LogP contribution in [0.15, 0.2) is 0 Å². The summed E-state index contributed by atoms with van der Waals surface area (Å²) < 4.78 is 5.18. The minimum atomic E-state index is -0.805. The van der Waals surface area contributed by atoms with Gasteiger partial charge in [0.15, 0.2) is 0 Å². The van der Waals surface area contributed by atoms with Gasteiger partial charge < -0.3 is 9.84 Å². The average molecular weight is 209 g/mol. The lowest BCUT2D eigenvalue weighted by atomic mass is 10.00. The SMILES string of the molecule is COC(C)(C)CC(Cl)CCC(=O)O. The molecule has 0 aliphatic rings. The zero-order valence-electron chi connectivity index (χ0n) is 8.34.